The molecule has 0 spiro atoms. The summed E-state index contributed by atoms with van der Waals surface area (Å²) in [6, 6.07) is 17.7. The van der Waals surface area contributed by atoms with Crippen LogP contribution in [-0.2, 0) is 4.79 Å². The third-order valence-electron chi connectivity index (χ3n) is 6.11. The van der Waals surface area contributed by atoms with E-state index in [0.717, 1.165) is 11.3 Å². The van der Waals surface area contributed by atoms with Crippen LogP contribution in [0.3, 0.4) is 0 Å². The van der Waals surface area contributed by atoms with E-state index in [-0.39, 0.29) is 18.7 Å². The van der Waals surface area contributed by atoms with Crippen LogP contribution >= 0.6 is 34.8 Å². The van der Waals surface area contributed by atoms with Gasteiger partial charge in [-0.25, -0.2) is 0 Å². The van der Waals surface area contributed by atoms with Crippen molar-refractivity contribution in [1.29, 1.82) is 0 Å². The van der Waals surface area contributed by atoms with Crippen molar-refractivity contribution < 1.29 is 19.4 Å². The van der Waals surface area contributed by atoms with Crippen molar-refractivity contribution in [2.75, 3.05) is 31.3 Å². The molecule has 176 valence electrons. The first kappa shape index (κ1) is 23.1. The molecule has 0 bridgehead atoms. The highest BCUT2D eigenvalue weighted by Gasteiger charge is 2.34. The topological polar surface area (TPSA) is 62.2 Å². The van der Waals surface area contributed by atoms with Gasteiger partial charge in [0.15, 0.2) is 17.6 Å². The molecule has 1 unspecified atom stereocenters. The number of nitrogens with zero attached hydrogens (tertiary/aromatic N) is 2. The highest BCUT2D eigenvalue weighted by molar-refractivity contribution is 6.36. The van der Waals surface area contributed by atoms with Gasteiger partial charge < -0.3 is 24.4 Å². The normalized spacial score (nSPS) is 18.2. The quantitative estimate of drug-likeness (QED) is 0.493. The summed E-state index contributed by atoms with van der Waals surface area (Å²) < 4.78 is 10.7. The largest absolute Gasteiger partial charge is 0.454 e. The Bertz CT molecular complexity index is 1220. The SMILES string of the molecule is O=C(C(O)c1ccc2c(c1)OCO2)N1CCN(c2ccc(Cl)cc2Cl)[C@H](c2ccc(Cl)cc2)C1. The van der Waals surface area contributed by atoms with Crippen LogP contribution in [0.15, 0.2) is 60.7 Å². The van der Waals surface area contributed by atoms with E-state index in [4.69, 9.17) is 44.3 Å². The molecule has 0 radical (unpaired) electrons. The zero-order valence-electron chi connectivity index (χ0n) is 18.0. The summed E-state index contributed by atoms with van der Waals surface area (Å²) in [5, 5.41) is 12.6. The molecule has 2 heterocycles. The Morgan fingerprint density at radius 3 is 2.41 bits per heavy atom. The van der Waals surface area contributed by atoms with Crippen LogP contribution in [0.1, 0.15) is 23.3 Å². The molecule has 2 atom stereocenters. The molecule has 6 nitrogen and oxygen atoms in total. The number of hydrogen-bond donors (Lipinski definition) is 1. The van der Waals surface area contributed by atoms with E-state index in [1.165, 1.54) is 0 Å². The zero-order valence-corrected chi connectivity index (χ0v) is 20.2. The standard InChI is InChI=1S/C25H21Cl3N2O4/c26-17-4-1-15(2-5-17)21-13-29(9-10-30(21)20-7-6-18(27)12-19(20)28)25(32)24(31)16-3-8-22-23(11-16)34-14-33-22/h1-8,11-12,21,24,31H,9-10,13-14H2/t21-,24?/m0/s1. The van der Waals surface area contributed by atoms with E-state index < -0.39 is 6.10 Å². The molecule has 2 aliphatic rings. The van der Waals surface area contributed by atoms with E-state index in [1.807, 2.05) is 30.3 Å². The van der Waals surface area contributed by atoms with Gasteiger partial charge in [-0.05, 0) is 53.6 Å². The summed E-state index contributed by atoms with van der Waals surface area (Å²) in [5.74, 6) is 0.741. The number of halogens is 3. The van der Waals surface area contributed by atoms with Crippen LogP contribution in [-0.4, -0.2) is 42.3 Å². The second-order valence-electron chi connectivity index (χ2n) is 8.16. The van der Waals surface area contributed by atoms with Crippen LogP contribution in [0.4, 0.5) is 5.69 Å². The number of benzene rings is 3. The van der Waals surface area contributed by atoms with Gasteiger partial charge >= 0.3 is 0 Å². The van der Waals surface area contributed by atoms with E-state index >= 15 is 0 Å². The summed E-state index contributed by atoms with van der Waals surface area (Å²) in [7, 11) is 0. The number of aliphatic hydroxyl groups is 1. The van der Waals surface area contributed by atoms with E-state index in [0.29, 0.717) is 51.8 Å². The molecule has 1 amide bonds. The fourth-order valence-electron chi connectivity index (χ4n) is 4.35. The molecule has 1 fully saturated rings. The lowest BCUT2D eigenvalue weighted by atomic mass is 10.00. The number of aliphatic hydroxyl groups excluding tert-OH is 1. The number of hydrogen-bond acceptors (Lipinski definition) is 5. The van der Waals surface area contributed by atoms with Crippen LogP contribution in [0.5, 0.6) is 11.5 Å². The van der Waals surface area contributed by atoms with Gasteiger partial charge in [-0.2, -0.15) is 0 Å². The van der Waals surface area contributed by atoms with Crippen molar-refractivity contribution in [3.63, 3.8) is 0 Å². The fraction of sp³-hybridized carbons (Fsp3) is 0.240. The lowest BCUT2D eigenvalue weighted by molar-refractivity contribution is -0.141. The number of amides is 1. The van der Waals surface area contributed by atoms with Gasteiger partial charge in [0.05, 0.1) is 16.8 Å². The number of anilines is 1. The fourth-order valence-corrected chi connectivity index (χ4v) is 5.00. The minimum absolute atomic E-state index is 0.126. The highest BCUT2D eigenvalue weighted by atomic mass is 35.5. The molecule has 0 aliphatic carbocycles. The van der Waals surface area contributed by atoms with E-state index in [9.17, 15) is 9.90 Å². The maximum absolute atomic E-state index is 13.3. The maximum Gasteiger partial charge on any atom is 0.256 e. The van der Waals surface area contributed by atoms with Gasteiger partial charge in [0.25, 0.3) is 5.91 Å². The van der Waals surface area contributed by atoms with Gasteiger partial charge in [-0.1, -0.05) is 53.0 Å². The molecule has 0 saturated carbocycles. The van der Waals surface area contributed by atoms with Crippen LogP contribution in [0.25, 0.3) is 0 Å². The van der Waals surface area contributed by atoms with Gasteiger partial charge in [-0.15, -0.1) is 0 Å². The number of carbonyl (C=O) groups is 1. The molecule has 9 heteroatoms. The molecule has 2 aliphatic heterocycles. The van der Waals surface area contributed by atoms with Crippen molar-refractivity contribution in [3.05, 3.63) is 86.9 Å². The van der Waals surface area contributed by atoms with E-state index in [1.54, 1.807) is 35.2 Å². The average Bonchev–Trinajstić information content (AvgIpc) is 3.31. The summed E-state index contributed by atoms with van der Waals surface area (Å²) in [5.41, 5.74) is 2.26. The second kappa shape index (κ2) is 9.55. The lowest BCUT2D eigenvalue weighted by Gasteiger charge is -2.44. The average molecular weight is 520 g/mol. The monoisotopic (exact) mass is 518 g/mol. The summed E-state index contributed by atoms with van der Waals surface area (Å²) in [4.78, 5) is 17.1. The minimum Gasteiger partial charge on any atom is -0.454 e. The van der Waals surface area contributed by atoms with Crippen molar-refractivity contribution >= 4 is 46.4 Å². The van der Waals surface area contributed by atoms with Crippen molar-refractivity contribution in [3.8, 4) is 11.5 Å². The molecule has 1 saturated heterocycles. The number of fused-ring (bicyclic) bond motifs is 1. The Morgan fingerprint density at radius 1 is 0.912 bits per heavy atom. The number of piperazine rings is 1. The van der Waals surface area contributed by atoms with E-state index in [2.05, 4.69) is 4.90 Å². The minimum atomic E-state index is -1.31. The van der Waals surface area contributed by atoms with Crippen molar-refractivity contribution in [1.82, 2.24) is 4.90 Å². The summed E-state index contributed by atoms with van der Waals surface area (Å²) >= 11 is 18.7. The smallest absolute Gasteiger partial charge is 0.256 e. The van der Waals surface area contributed by atoms with Gasteiger partial charge in [0, 0.05) is 29.7 Å². The number of ether oxygens (including phenoxy) is 2. The van der Waals surface area contributed by atoms with Crippen LogP contribution in [0, 0.1) is 0 Å². The Labute approximate surface area is 212 Å². The van der Waals surface area contributed by atoms with Gasteiger partial charge in [0.2, 0.25) is 6.79 Å². The molecular weight excluding hydrogens is 499 g/mol. The first-order valence-electron chi connectivity index (χ1n) is 10.7. The summed E-state index contributed by atoms with van der Waals surface area (Å²) in [6.45, 7) is 1.43. The first-order valence-corrected chi connectivity index (χ1v) is 11.9. The first-order chi connectivity index (χ1) is 16.4. The zero-order chi connectivity index (χ0) is 23.8. The molecule has 3 aromatic carbocycles. The Kier molecular flexibility index (Phi) is 6.49. The predicted molar refractivity (Wildman–Crippen MR) is 132 cm³/mol. The van der Waals surface area contributed by atoms with Gasteiger partial charge in [0.1, 0.15) is 0 Å². The highest BCUT2D eigenvalue weighted by Crippen LogP contribution is 2.38. The van der Waals surface area contributed by atoms with Crippen molar-refractivity contribution in [2.45, 2.75) is 12.1 Å². The van der Waals surface area contributed by atoms with Crippen molar-refractivity contribution in [2.24, 2.45) is 0 Å². The lowest BCUT2D eigenvalue weighted by Crippen LogP contribution is -2.51. The molecule has 1 N–H and O–H groups in total. The Hall–Kier alpha value is -2.64. The number of carbonyl (C=O) groups excluding carboxylic acids is 1. The Balaban J connectivity index is 1.42. The predicted octanol–water partition coefficient (Wildman–Crippen LogP) is 5.50. The molecule has 5 rings (SSSR count). The molecule has 0 aromatic heterocycles. The third-order valence-corrected chi connectivity index (χ3v) is 6.90. The van der Waals surface area contributed by atoms with Gasteiger partial charge in [-0.3, -0.25) is 4.79 Å². The molecule has 34 heavy (non-hydrogen) atoms. The molecular formula is C25H21Cl3N2O4. The van der Waals surface area contributed by atoms with Crippen LogP contribution in [0.2, 0.25) is 15.1 Å². The number of rotatable bonds is 4. The summed E-state index contributed by atoms with van der Waals surface area (Å²) in [6.07, 6.45) is -1.31. The third kappa shape index (κ3) is 4.51. The second-order valence-corrected chi connectivity index (χ2v) is 9.44. The maximum atomic E-state index is 13.3. The molecule has 3 aromatic rings. The Morgan fingerprint density at radius 2 is 1.65 bits per heavy atom. The van der Waals surface area contributed by atoms with Crippen LogP contribution < -0.4 is 14.4 Å².